The molecule has 0 N–H and O–H groups in total. The maximum absolute atomic E-state index is 13.3. The molecule has 2 aromatic heterocycles. The van der Waals surface area contributed by atoms with Crippen LogP contribution in [0.25, 0.3) is 17.1 Å². The molecule has 1 aliphatic heterocycles. The van der Waals surface area contributed by atoms with E-state index in [0.717, 1.165) is 17.5 Å². The molecule has 0 bridgehead atoms. The Labute approximate surface area is 187 Å². The first kappa shape index (κ1) is 19.7. The molecule has 1 atom stereocenters. The fourth-order valence-electron chi connectivity index (χ4n) is 3.56. The molecule has 1 fully saturated rings. The third-order valence-electron chi connectivity index (χ3n) is 5.34. The monoisotopic (exact) mass is 454 g/mol. The third kappa shape index (κ3) is 3.47. The first-order valence-electron chi connectivity index (χ1n) is 9.59. The van der Waals surface area contributed by atoms with E-state index in [1.807, 2.05) is 25.1 Å². The van der Waals surface area contributed by atoms with Crippen LogP contribution in [-0.4, -0.2) is 42.5 Å². The number of carbonyl (C=O) groups excluding carboxylic acids is 1. The summed E-state index contributed by atoms with van der Waals surface area (Å²) in [5.74, 6) is 0.662. The highest BCUT2D eigenvalue weighted by Gasteiger charge is 2.38. The molecular weight excluding hydrogens is 439 g/mol. The number of rotatable bonds is 4. The standard InChI is InChI=1S/C21H16Cl2N6O2/c1-12-14(3-2-4-16(12)23)20-26-19(27-31-20)17-7-10-28(17)21(30)15-6-5-13(22)11-18(15)29-24-8-9-25-29/h2-6,8-9,11,17H,7,10H2,1H3. The highest BCUT2D eigenvalue weighted by Crippen LogP contribution is 2.36. The third-order valence-corrected chi connectivity index (χ3v) is 5.99. The summed E-state index contributed by atoms with van der Waals surface area (Å²) in [6.07, 6.45) is 3.82. The van der Waals surface area contributed by atoms with Gasteiger partial charge in [-0.1, -0.05) is 34.4 Å². The zero-order valence-corrected chi connectivity index (χ0v) is 17.9. The lowest BCUT2D eigenvalue weighted by Crippen LogP contribution is -2.45. The summed E-state index contributed by atoms with van der Waals surface area (Å²) in [5.41, 5.74) is 2.59. The summed E-state index contributed by atoms with van der Waals surface area (Å²) in [6, 6.07) is 10.2. The molecule has 0 radical (unpaired) electrons. The SMILES string of the molecule is Cc1c(Cl)cccc1-c1nc(C2CCN2C(=O)c2ccc(Cl)cc2-n2nccn2)no1. The Hall–Kier alpha value is -3.23. The number of benzene rings is 2. The normalized spacial score (nSPS) is 15.7. The van der Waals surface area contributed by atoms with Gasteiger partial charge in [0.1, 0.15) is 0 Å². The van der Waals surface area contributed by atoms with Crippen molar-refractivity contribution in [3.05, 3.63) is 75.8 Å². The molecular formula is C21H16Cl2N6O2. The van der Waals surface area contributed by atoms with Crippen LogP contribution in [-0.2, 0) is 0 Å². The Bertz CT molecular complexity index is 1270. The minimum absolute atomic E-state index is 0.175. The minimum Gasteiger partial charge on any atom is -0.334 e. The van der Waals surface area contributed by atoms with Crippen LogP contribution in [0.4, 0.5) is 0 Å². The van der Waals surface area contributed by atoms with Gasteiger partial charge in [0.15, 0.2) is 5.82 Å². The van der Waals surface area contributed by atoms with E-state index in [-0.39, 0.29) is 11.9 Å². The summed E-state index contributed by atoms with van der Waals surface area (Å²) in [7, 11) is 0. The van der Waals surface area contributed by atoms with E-state index in [2.05, 4.69) is 20.3 Å². The zero-order valence-electron chi connectivity index (χ0n) is 16.4. The van der Waals surface area contributed by atoms with Gasteiger partial charge in [-0.05, 0) is 49.2 Å². The van der Waals surface area contributed by atoms with Crippen LogP contribution in [0.3, 0.4) is 0 Å². The summed E-state index contributed by atoms with van der Waals surface area (Å²) < 4.78 is 5.48. The number of nitrogens with zero attached hydrogens (tertiary/aromatic N) is 6. The van der Waals surface area contributed by atoms with Crippen LogP contribution in [0.15, 0.2) is 53.3 Å². The van der Waals surface area contributed by atoms with Crippen molar-refractivity contribution < 1.29 is 9.32 Å². The lowest BCUT2D eigenvalue weighted by molar-refractivity contribution is 0.0435. The molecule has 8 nitrogen and oxygen atoms in total. The number of aromatic nitrogens is 5. The van der Waals surface area contributed by atoms with Crippen molar-refractivity contribution in [1.29, 1.82) is 0 Å². The van der Waals surface area contributed by atoms with Crippen LogP contribution in [0.5, 0.6) is 0 Å². The van der Waals surface area contributed by atoms with Gasteiger partial charge in [-0.3, -0.25) is 4.79 Å². The fourth-order valence-corrected chi connectivity index (χ4v) is 3.90. The minimum atomic E-state index is -0.279. The van der Waals surface area contributed by atoms with Gasteiger partial charge >= 0.3 is 0 Å². The molecule has 10 heteroatoms. The van der Waals surface area contributed by atoms with E-state index in [9.17, 15) is 4.79 Å². The van der Waals surface area contributed by atoms with Crippen LogP contribution in [0.2, 0.25) is 10.0 Å². The first-order valence-corrected chi connectivity index (χ1v) is 10.3. The van der Waals surface area contributed by atoms with Gasteiger partial charge in [0.25, 0.3) is 11.8 Å². The summed E-state index contributed by atoms with van der Waals surface area (Å²) in [4.78, 5) is 20.9. The molecule has 1 unspecified atom stereocenters. The maximum atomic E-state index is 13.3. The highest BCUT2D eigenvalue weighted by molar-refractivity contribution is 6.31. The van der Waals surface area contributed by atoms with Crippen molar-refractivity contribution in [2.75, 3.05) is 6.54 Å². The Balaban J connectivity index is 1.44. The van der Waals surface area contributed by atoms with Gasteiger partial charge in [0, 0.05) is 22.2 Å². The predicted octanol–water partition coefficient (Wildman–Crippen LogP) is 4.52. The molecule has 31 heavy (non-hydrogen) atoms. The van der Waals surface area contributed by atoms with E-state index >= 15 is 0 Å². The lowest BCUT2D eigenvalue weighted by Gasteiger charge is -2.39. The Morgan fingerprint density at radius 3 is 2.71 bits per heavy atom. The number of hydrogen-bond acceptors (Lipinski definition) is 6. The maximum Gasteiger partial charge on any atom is 0.258 e. The van der Waals surface area contributed by atoms with Crippen molar-refractivity contribution in [3.63, 3.8) is 0 Å². The number of hydrogen-bond donors (Lipinski definition) is 0. The van der Waals surface area contributed by atoms with Crippen LogP contribution in [0.1, 0.15) is 34.2 Å². The lowest BCUT2D eigenvalue weighted by atomic mass is 10.00. The predicted molar refractivity (Wildman–Crippen MR) is 114 cm³/mol. The Morgan fingerprint density at radius 1 is 1.16 bits per heavy atom. The van der Waals surface area contributed by atoms with Gasteiger partial charge in [-0.25, -0.2) is 0 Å². The molecule has 4 aromatic rings. The molecule has 156 valence electrons. The van der Waals surface area contributed by atoms with Crippen molar-refractivity contribution in [3.8, 4) is 17.1 Å². The molecule has 0 saturated carbocycles. The van der Waals surface area contributed by atoms with Crippen molar-refractivity contribution >= 4 is 29.1 Å². The van der Waals surface area contributed by atoms with E-state index in [4.69, 9.17) is 27.7 Å². The average Bonchev–Trinajstić information content (AvgIpc) is 3.41. The summed E-state index contributed by atoms with van der Waals surface area (Å²) in [5, 5.41) is 13.5. The van der Waals surface area contributed by atoms with Crippen molar-refractivity contribution in [2.24, 2.45) is 0 Å². The highest BCUT2D eigenvalue weighted by atomic mass is 35.5. The van der Waals surface area contributed by atoms with Gasteiger partial charge in [0.2, 0.25) is 0 Å². The second kappa shape index (κ2) is 7.79. The van der Waals surface area contributed by atoms with Gasteiger partial charge in [0.05, 0.1) is 29.7 Å². The average molecular weight is 455 g/mol. The number of carbonyl (C=O) groups is 1. The first-order chi connectivity index (χ1) is 15.0. The molecule has 1 amide bonds. The van der Waals surface area contributed by atoms with Crippen molar-refractivity contribution in [1.82, 2.24) is 30.0 Å². The van der Waals surface area contributed by atoms with Gasteiger partial charge < -0.3 is 9.42 Å². The van der Waals surface area contributed by atoms with E-state index in [0.29, 0.717) is 39.6 Å². The van der Waals surface area contributed by atoms with Gasteiger partial charge in [-0.15, -0.1) is 0 Å². The van der Waals surface area contributed by atoms with Gasteiger partial charge in [-0.2, -0.15) is 20.0 Å². The molecule has 2 aromatic carbocycles. The quantitative estimate of drug-likeness (QED) is 0.450. The molecule has 0 spiro atoms. The van der Waals surface area contributed by atoms with E-state index < -0.39 is 0 Å². The second-order valence-electron chi connectivity index (χ2n) is 7.15. The Kier molecular flexibility index (Phi) is 4.95. The second-order valence-corrected chi connectivity index (χ2v) is 8.00. The fraction of sp³-hybridized carbons (Fsp3) is 0.190. The molecule has 0 aliphatic carbocycles. The summed E-state index contributed by atoms with van der Waals surface area (Å²) >= 11 is 12.3. The smallest absolute Gasteiger partial charge is 0.258 e. The zero-order chi connectivity index (χ0) is 21.5. The van der Waals surface area contributed by atoms with Crippen LogP contribution >= 0.6 is 23.2 Å². The number of halogens is 2. The van der Waals surface area contributed by atoms with E-state index in [1.165, 1.54) is 4.80 Å². The molecule has 5 rings (SSSR count). The van der Waals surface area contributed by atoms with Crippen molar-refractivity contribution in [2.45, 2.75) is 19.4 Å². The number of amides is 1. The summed E-state index contributed by atoms with van der Waals surface area (Å²) in [6.45, 7) is 2.48. The number of likely N-dealkylation sites (tertiary alicyclic amines) is 1. The van der Waals surface area contributed by atoms with Crippen LogP contribution < -0.4 is 0 Å². The Morgan fingerprint density at radius 2 is 1.97 bits per heavy atom. The molecule has 1 aliphatic rings. The van der Waals surface area contributed by atoms with Crippen LogP contribution in [0, 0.1) is 6.92 Å². The van der Waals surface area contributed by atoms with E-state index in [1.54, 1.807) is 35.5 Å². The molecule has 3 heterocycles. The topological polar surface area (TPSA) is 89.9 Å². The largest absolute Gasteiger partial charge is 0.334 e. The molecule has 1 saturated heterocycles.